The summed E-state index contributed by atoms with van der Waals surface area (Å²) < 4.78 is 16.4. The van der Waals surface area contributed by atoms with Crippen LogP contribution < -0.4 is 20.1 Å². The third kappa shape index (κ3) is 9.94. The summed E-state index contributed by atoms with van der Waals surface area (Å²) in [5.41, 5.74) is 1.19. The van der Waals surface area contributed by atoms with E-state index in [0.717, 1.165) is 57.1 Å². The van der Waals surface area contributed by atoms with Crippen molar-refractivity contribution in [2.45, 2.75) is 26.2 Å². The average Bonchev–Trinajstić information content (AvgIpc) is 3.26. The highest BCUT2D eigenvalue weighted by Gasteiger charge is 2.16. The van der Waals surface area contributed by atoms with Crippen molar-refractivity contribution in [2.24, 2.45) is 10.9 Å². The zero-order chi connectivity index (χ0) is 21.8. The van der Waals surface area contributed by atoms with Crippen LogP contribution in [-0.2, 0) is 16.0 Å². The van der Waals surface area contributed by atoms with E-state index in [1.54, 1.807) is 26.1 Å². The number of hydrogen-bond acceptors (Lipinski definition) is 5. The van der Waals surface area contributed by atoms with E-state index in [-0.39, 0.29) is 36.4 Å². The smallest absolute Gasteiger partial charge is 0.243 e. The topological polar surface area (TPSA) is 84.4 Å². The van der Waals surface area contributed by atoms with Gasteiger partial charge in [0.1, 0.15) is 6.54 Å². The number of carbonyl (C=O) groups excluding carboxylic acids is 1. The van der Waals surface area contributed by atoms with Gasteiger partial charge in [0, 0.05) is 39.7 Å². The Balaban J connectivity index is 0.00000480. The number of aliphatic imine (C=N–C) groups is 1. The lowest BCUT2D eigenvalue weighted by molar-refractivity contribution is -0.127. The number of ether oxygens (including phenoxy) is 3. The second-order valence-corrected chi connectivity index (χ2v) is 7.51. The molecule has 176 valence electrons. The highest BCUT2D eigenvalue weighted by Crippen LogP contribution is 2.28. The summed E-state index contributed by atoms with van der Waals surface area (Å²) in [5, 5.41) is 6.69. The lowest BCUT2D eigenvalue weighted by atomic mass is 10.1. The molecule has 2 N–H and O–H groups in total. The molecule has 8 nitrogen and oxygen atoms in total. The molecule has 1 saturated heterocycles. The van der Waals surface area contributed by atoms with Gasteiger partial charge in [0.2, 0.25) is 5.91 Å². The third-order valence-corrected chi connectivity index (χ3v) is 4.92. The predicted molar refractivity (Wildman–Crippen MR) is 134 cm³/mol. The minimum absolute atomic E-state index is 0. The molecule has 9 heteroatoms. The lowest BCUT2D eigenvalue weighted by Gasteiger charge is -2.16. The fourth-order valence-electron chi connectivity index (χ4n) is 3.09. The summed E-state index contributed by atoms with van der Waals surface area (Å²) >= 11 is 0. The number of halogens is 1. The minimum atomic E-state index is -0.0259. The molecular formula is C22H37IN4O4. The Morgan fingerprint density at radius 2 is 2.10 bits per heavy atom. The maximum absolute atomic E-state index is 11.9. The van der Waals surface area contributed by atoms with Crippen LogP contribution in [0.25, 0.3) is 0 Å². The molecule has 0 bridgehead atoms. The molecule has 1 aliphatic heterocycles. The molecule has 0 aliphatic carbocycles. The Kier molecular flexibility index (Phi) is 13.3. The Hall–Kier alpha value is -1.75. The second-order valence-electron chi connectivity index (χ2n) is 7.51. The molecule has 1 fully saturated rings. The summed E-state index contributed by atoms with van der Waals surface area (Å²) in [4.78, 5) is 17.9. The van der Waals surface area contributed by atoms with Crippen LogP contribution in [0.2, 0.25) is 0 Å². The van der Waals surface area contributed by atoms with Crippen molar-refractivity contribution in [1.82, 2.24) is 15.5 Å². The number of likely N-dealkylation sites (N-methyl/N-ethyl adjacent to an activating group) is 1. The molecule has 2 rings (SSSR count). The van der Waals surface area contributed by atoms with Gasteiger partial charge in [-0.3, -0.25) is 4.79 Å². The first-order chi connectivity index (χ1) is 14.5. The van der Waals surface area contributed by atoms with Crippen molar-refractivity contribution in [2.75, 3.05) is 60.7 Å². The fourth-order valence-corrected chi connectivity index (χ4v) is 3.09. The molecule has 1 atom stereocenters. The average molecular weight is 548 g/mol. The van der Waals surface area contributed by atoms with Crippen molar-refractivity contribution in [1.29, 1.82) is 0 Å². The number of aryl methyl sites for hydroxylation is 1. The number of methoxy groups -OCH3 is 1. The summed E-state index contributed by atoms with van der Waals surface area (Å²) in [6.07, 6.45) is 2.88. The minimum Gasteiger partial charge on any atom is -0.493 e. The van der Waals surface area contributed by atoms with E-state index in [1.165, 1.54) is 5.56 Å². The van der Waals surface area contributed by atoms with Crippen LogP contribution in [0, 0.1) is 5.92 Å². The van der Waals surface area contributed by atoms with Crippen molar-refractivity contribution >= 4 is 35.8 Å². The van der Waals surface area contributed by atoms with Crippen LogP contribution in [0.3, 0.4) is 0 Å². The van der Waals surface area contributed by atoms with Crippen LogP contribution in [0.1, 0.15) is 25.3 Å². The largest absolute Gasteiger partial charge is 0.493 e. The van der Waals surface area contributed by atoms with Gasteiger partial charge in [-0.15, -0.1) is 24.0 Å². The quantitative estimate of drug-likeness (QED) is 0.191. The Morgan fingerprint density at radius 3 is 2.74 bits per heavy atom. The van der Waals surface area contributed by atoms with Gasteiger partial charge in [-0.2, -0.15) is 0 Å². The SMILES string of the molecule is CCOc1cc(CCCNC(=NCC(=O)N(C)C)NCC2CCOC2)ccc1OC.I. The number of amides is 1. The molecule has 0 aromatic heterocycles. The summed E-state index contributed by atoms with van der Waals surface area (Å²) in [6, 6.07) is 6.04. The maximum Gasteiger partial charge on any atom is 0.243 e. The number of guanidine groups is 1. The number of benzene rings is 1. The van der Waals surface area contributed by atoms with Gasteiger partial charge in [-0.05, 0) is 43.9 Å². The van der Waals surface area contributed by atoms with E-state index in [1.807, 2.05) is 19.1 Å². The van der Waals surface area contributed by atoms with Gasteiger partial charge in [-0.1, -0.05) is 6.07 Å². The van der Waals surface area contributed by atoms with Gasteiger partial charge in [0.05, 0.1) is 20.3 Å². The van der Waals surface area contributed by atoms with E-state index in [4.69, 9.17) is 14.2 Å². The standard InChI is InChI=1S/C22H36N4O4.HI/c1-5-30-20-13-17(8-9-19(20)28-4)7-6-11-23-22(25-15-21(27)26(2)3)24-14-18-10-12-29-16-18;/h8-9,13,18H,5-7,10-12,14-16H2,1-4H3,(H2,23,24,25);1H. The molecule has 0 radical (unpaired) electrons. The number of carbonyl (C=O) groups is 1. The predicted octanol–water partition coefficient (Wildman–Crippen LogP) is 2.30. The van der Waals surface area contributed by atoms with Gasteiger partial charge in [0.15, 0.2) is 17.5 Å². The third-order valence-electron chi connectivity index (χ3n) is 4.92. The first-order valence-corrected chi connectivity index (χ1v) is 10.6. The molecule has 1 aromatic rings. The Morgan fingerprint density at radius 1 is 1.29 bits per heavy atom. The molecule has 1 aromatic carbocycles. The van der Waals surface area contributed by atoms with Crippen LogP contribution in [0.15, 0.2) is 23.2 Å². The molecule has 1 heterocycles. The Labute approximate surface area is 203 Å². The summed E-state index contributed by atoms with van der Waals surface area (Å²) in [5.74, 6) is 2.65. The molecule has 0 saturated carbocycles. The van der Waals surface area contributed by atoms with E-state index in [0.29, 0.717) is 18.5 Å². The highest BCUT2D eigenvalue weighted by atomic mass is 127. The lowest BCUT2D eigenvalue weighted by Crippen LogP contribution is -2.41. The van der Waals surface area contributed by atoms with Gasteiger partial charge in [0.25, 0.3) is 0 Å². The maximum atomic E-state index is 11.9. The van der Waals surface area contributed by atoms with Crippen LogP contribution >= 0.6 is 24.0 Å². The molecule has 1 amide bonds. The molecule has 1 unspecified atom stereocenters. The molecule has 1 aliphatic rings. The van der Waals surface area contributed by atoms with Crippen molar-refractivity contribution in [3.05, 3.63) is 23.8 Å². The summed E-state index contributed by atoms with van der Waals surface area (Å²) in [7, 11) is 5.12. The van der Waals surface area contributed by atoms with E-state index in [9.17, 15) is 4.79 Å². The number of nitrogens with zero attached hydrogens (tertiary/aromatic N) is 2. The molecule has 0 spiro atoms. The van der Waals surface area contributed by atoms with Gasteiger partial charge in [-0.25, -0.2) is 4.99 Å². The fraction of sp³-hybridized carbons (Fsp3) is 0.636. The Bertz CT molecular complexity index is 694. The molecule has 31 heavy (non-hydrogen) atoms. The van der Waals surface area contributed by atoms with Crippen LogP contribution in [0.4, 0.5) is 0 Å². The van der Waals surface area contributed by atoms with E-state index < -0.39 is 0 Å². The van der Waals surface area contributed by atoms with Crippen molar-refractivity contribution < 1.29 is 19.0 Å². The normalized spacial score (nSPS) is 15.7. The number of nitrogens with one attached hydrogen (secondary N) is 2. The zero-order valence-electron chi connectivity index (χ0n) is 19.1. The first-order valence-electron chi connectivity index (χ1n) is 10.6. The van der Waals surface area contributed by atoms with E-state index >= 15 is 0 Å². The van der Waals surface area contributed by atoms with Crippen molar-refractivity contribution in [3.63, 3.8) is 0 Å². The number of hydrogen-bond donors (Lipinski definition) is 2. The number of rotatable bonds is 11. The zero-order valence-corrected chi connectivity index (χ0v) is 21.4. The highest BCUT2D eigenvalue weighted by molar-refractivity contribution is 14.0. The van der Waals surface area contributed by atoms with Crippen molar-refractivity contribution in [3.8, 4) is 11.5 Å². The molecular weight excluding hydrogens is 511 g/mol. The summed E-state index contributed by atoms with van der Waals surface area (Å²) in [6.45, 7) is 5.82. The van der Waals surface area contributed by atoms with Crippen LogP contribution in [-0.4, -0.2) is 77.4 Å². The van der Waals surface area contributed by atoms with E-state index in [2.05, 4.69) is 21.7 Å². The first kappa shape index (κ1) is 27.3. The van der Waals surface area contributed by atoms with Gasteiger partial charge < -0.3 is 29.7 Å². The van der Waals surface area contributed by atoms with Gasteiger partial charge >= 0.3 is 0 Å². The van der Waals surface area contributed by atoms with Crippen LogP contribution in [0.5, 0.6) is 11.5 Å². The monoisotopic (exact) mass is 548 g/mol. The second kappa shape index (κ2) is 15.1.